The lowest BCUT2D eigenvalue weighted by Crippen LogP contribution is -2.40. The number of hydrogen-bond acceptors (Lipinski definition) is 5. The largest absolute Gasteiger partial charge is 0.456 e. The van der Waals surface area contributed by atoms with Gasteiger partial charge in [-0.3, -0.25) is 19.3 Å². The second kappa shape index (κ2) is 7.87. The van der Waals surface area contributed by atoms with E-state index in [4.69, 9.17) is 0 Å². The van der Waals surface area contributed by atoms with E-state index in [2.05, 4.69) is 10.1 Å². The number of carbonyl (C=O) groups excluding carboxylic acids is 4. The highest BCUT2D eigenvalue weighted by molar-refractivity contribution is 6.06. The number of anilines is 1. The SMILES string of the molecule is CC1(C)NC(=O)N(CCC(=O)OCC(=O)Nc2ccccc2C(F)(F)F)C1=O. The lowest BCUT2D eigenvalue weighted by molar-refractivity contribution is -0.148. The number of alkyl halides is 3. The van der Waals surface area contributed by atoms with Crippen molar-refractivity contribution in [3.8, 4) is 0 Å². The van der Waals surface area contributed by atoms with Crippen LogP contribution in [0.3, 0.4) is 0 Å². The molecule has 1 aliphatic heterocycles. The number of nitrogens with one attached hydrogen (secondary N) is 2. The van der Waals surface area contributed by atoms with Gasteiger partial charge in [0, 0.05) is 6.54 Å². The zero-order valence-corrected chi connectivity index (χ0v) is 15.1. The minimum absolute atomic E-state index is 0.245. The Labute approximate surface area is 158 Å². The van der Waals surface area contributed by atoms with E-state index in [0.717, 1.165) is 17.0 Å². The molecule has 11 heteroatoms. The van der Waals surface area contributed by atoms with Gasteiger partial charge in [0.2, 0.25) is 0 Å². The monoisotopic (exact) mass is 401 g/mol. The molecule has 2 N–H and O–H groups in total. The summed E-state index contributed by atoms with van der Waals surface area (Å²) in [6, 6.07) is 3.72. The highest BCUT2D eigenvalue weighted by Crippen LogP contribution is 2.34. The number of imide groups is 1. The first-order valence-electron chi connectivity index (χ1n) is 8.17. The topological polar surface area (TPSA) is 105 Å². The summed E-state index contributed by atoms with van der Waals surface area (Å²) in [5, 5.41) is 4.47. The molecule has 1 fully saturated rings. The fourth-order valence-electron chi connectivity index (χ4n) is 2.47. The van der Waals surface area contributed by atoms with Crippen LogP contribution in [0.2, 0.25) is 0 Å². The summed E-state index contributed by atoms with van der Waals surface area (Å²) >= 11 is 0. The van der Waals surface area contributed by atoms with Crippen LogP contribution in [0.4, 0.5) is 23.7 Å². The van der Waals surface area contributed by atoms with E-state index in [1.54, 1.807) is 0 Å². The van der Waals surface area contributed by atoms with Crippen molar-refractivity contribution in [3.63, 3.8) is 0 Å². The second-order valence-corrected chi connectivity index (χ2v) is 6.51. The third-order valence-corrected chi connectivity index (χ3v) is 3.85. The maximum atomic E-state index is 12.9. The first-order chi connectivity index (χ1) is 12.9. The Morgan fingerprint density at radius 1 is 1.21 bits per heavy atom. The van der Waals surface area contributed by atoms with Gasteiger partial charge < -0.3 is 15.4 Å². The van der Waals surface area contributed by atoms with Crippen LogP contribution in [0, 0.1) is 0 Å². The number of nitrogens with zero attached hydrogens (tertiary/aromatic N) is 1. The van der Waals surface area contributed by atoms with Gasteiger partial charge in [-0.1, -0.05) is 12.1 Å². The molecule has 28 heavy (non-hydrogen) atoms. The number of hydrogen-bond donors (Lipinski definition) is 2. The van der Waals surface area contributed by atoms with Gasteiger partial charge in [-0.15, -0.1) is 0 Å². The number of para-hydroxylation sites is 1. The molecule has 0 radical (unpaired) electrons. The molecule has 8 nitrogen and oxygen atoms in total. The second-order valence-electron chi connectivity index (χ2n) is 6.51. The van der Waals surface area contributed by atoms with Crippen LogP contribution in [-0.4, -0.2) is 47.4 Å². The predicted molar refractivity (Wildman–Crippen MR) is 90.0 cm³/mol. The molecule has 1 aromatic carbocycles. The third-order valence-electron chi connectivity index (χ3n) is 3.85. The van der Waals surface area contributed by atoms with Crippen molar-refractivity contribution in [2.45, 2.75) is 32.0 Å². The van der Waals surface area contributed by atoms with Crippen LogP contribution in [-0.2, 0) is 25.3 Å². The molecule has 1 heterocycles. The van der Waals surface area contributed by atoms with Crippen molar-refractivity contribution in [1.29, 1.82) is 0 Å². The Morgan fingerprint density at radius 2 is 1.86 bits per heavy atom. The van der Waals surface area contributed by atoms with Crippen molar-refractivity contribution >= 4 is 29.5 Å². The minimum atomic E-state index is -4.66. The Hall–Kier alpha value is -3.11. The molecule has 4 amide bonds. The molecule has 0 aliphatic carbocycles. The lowest BCUT2D eigenvalue weighted by Gasteiger charge is -2.15. The lowest BCUT2D eigenvalue weighted by atomic mass is 10.1. The first-order valence-corrected chi connectivity index (χ1v) is 8.17. The van der Waals surface area contributed by atoms with Gasteiger partial charge in [0.25, 0.3) is 11.8 Å². The third kappa shape index (κ3) is 4.99. The van der Waals surface area contributed by atoms with Crippen LogP contribution in [0.25, 0.3) is 0 Å². The van der Waals surface area contributed by atoms with E-state index >= 15 is 0 Å². The Balaban J connectivity index is 1.83. The van der Waals surface area contributed by atoms with Crippen LogP contribution in [0.15, 0.2) is 24.3 Å². The number of urea groups is 1. The molecule has 1 aliphatic rings. The zero-order chi connectivity index (χ0) is 21.1. The summed E-state index contributed by atoms with van der Waals surface area (Å²) in [6.07, 6.45) is -5.02. The number of carbonyl (C=O) groups is 4. The molecule has 1 aromatic rings. The summed E-state index contributed by atoms with van der Waals surface area (Å²) in [5.74, 6) is -2.35. The summed E-state index contributed by atoms with van der Waals surface area (Å²) in [4.78, 5) is 48.0. The zero-order valence-electron chi connectivity index (χ0n) is 15.1. The Bertz CT molecular complexity index is 807. The smallest absolute Gasteiger partial charge is 0.418 e. The summed E-state index contributed by atoms with van der Waals surface area (Å²) in [5.41, 5.74) is -2.57. The summed E-state index contributed by atoms with van der Waals surface area (Å²) in [7, 11) is 0. The maximum absolute atomic E-state index is 12.9. The molecule has 1 saturated heterocycles. The standard InChI is InChI=1S/C17H18F3N3O5/c1-16(2)14(26)23(15(27)22-16)8-7-13(25)28-9-12(24)21-11-6-4-3-5-10(11)17(18,19)20/h3-6H,7-9H2,1-2H3,(H,21,24)(H,22,27). The van der Waals surface area contributed by atoms with E-state index in [0.29, 0.717) is 0 Å². The number of esters is 1. The van der Waals surface area contributed by atoms with Crippen LogP contribution < -0.4 is 10.6 Å². The van der Waals surface area contributed by atoms with Crippen LogP contribution in [0.1, 0.15) is 25.8 Å². The van der Waals surface area contributed by atoms with Gasteiger partial charge in [-0.2, -0.15) is 13.2 Å². The van der Waals surface area contributed by atoms with Gasteiger partial charge in [0.1, 0.15) is 5.54 Å². The molecule has 152 valence electrons. The van der Waals surface area contributed by atoms with E-state index in [9.17, 15) is 32.3 Å². The van der Waals surface area contributed by atoms with Crippen molar-refractivity contribution < 1.29 is 37.1 Å². The van der Waals surface area contributed by atoms with Gasteiger partial charge in [0.15, 0.2) is 6.61 Å². The van der Waals surface area contributed by atoms with Crippen molar-refractivity contribution in [2.24, 2.45) is 0 Å². The number of amides is 4. The molecular formula is C17H18F3N3O5. The normalized spacial score (nSPS) is 16.0. The molecule has 0 spiro atoms. The van der Waals surface area contributed by atoms with E-state index in [-0.39, 0.29) is 13.0 Å². The molecule has 2 rings (SSSR count). The molecular weight excluding hydrogens is 383 g/mol. The van der Waals surface area contributed by atoms with Crippen molar-refractivity contribution in [1.82, 2.24) is 10.2 Å². The first kappa shape index (κ1) is 21.2. The van der Waals surface area contributed by atoms with E-state index in [1.165, 1.54) is 26.0 Å². The molecule has 0 saturated carbocycles. The highest BCUT2D eigenvalue weighted by atomic mass is 19.4. The number of benzene rings is 1. The summed E-state index contributed by atoms with van der Waals surface area (Å²) in [6.45, 7) is 1.96. The highest BCUT2D eigenvalue weighted by Gasteiger charge is 2.44. The molecule has 0 atom stereocenters. The van der Waals surface area contributed by atoms with E-state index < -0.39 is 53.4 Å². The fraction of sp³-hybridized carbons (Fsp3) is 0.412. The fourth-order valence-corrected chi connectivity index (χ4v) is 2.47. The molecule has 0 unspecified atom stereocenters. The van der Waals surface area contributed by atoms with Gasteiger partial charge in [-0.25, -0.2) is 4.79 Å². The average molecular weight is 401 g/mol. The van der Waals surface area contributed by atoms with Gasteiger partial charge in [-0.05, 0) is 26.0 Å². The predicted octanol–water partition coefficient (Wildman–Crippen LogP) is 1.91. The number of halogens is 3. The Kier molecular flexibility index (Phi) is 5.95. The van der Waals surface area contributed by atoms with Gasteiger partial charge in [0.05, 0.1) is 17.7 Å². The maximum Gasteiger partial charge on any atom is 0.418 e. The summed E-state index contributed by atoms with van der Waals surface area (Å²) < 4.78 is 43.3. The molecule has 0 aromatic heterocycles. The quantitative estimate of drug-likeness (QED) is 0.560. The average Bonchev–Trinajstić information content (AvgIpc) is 2.78. The Morgan fingerprint density at radius 3 is 2.43 bits per heavy atom. The number of rotatable bonds is 6. The van der Waals surface area contributed by atoms with Crippen LogP contribution >= 0.6 is 0 Å². The number of ether oxygens (including phenoxy) is 1. The van der Waals surface area contributed by atoms with Gasteiger partial charge >= 0.3 is 18.2 Å². The molecule has 0 bridgehead atoms. The van der Waals surface area contributed by atoms with Crippen molar-refractivity contribution in [2.75, 3.05) is 18.5 Å². The van der Waals surface area contributed by atoms with E-state index in [1.807, 2.05) is 5.32 Å². The minimum Gasteiger partial charge on any atom is -0.456 e. The van der Waals surface area contributed by atoms with Crippen LogP contribution in [0.5, 0.6) is 0 Å². The van der Waals surface area contributed by atoms with Crippen molar-refractivity contribution in [3.05, 3.63) is 29.8 Å².